The molecule has 1 atom stereocenters. The van der Waals surface area contributed by atoms with Crippen LogP contribution in [0.15, 0.2) is 42.5 Å². The number of nitrogens with zero attached hydrogens (tertiary/aromatic N) is 1. The summed E-state index contributed by atoms with van der Waals surface area (Å²) in [5.41, 5.74) is 3.38. The summed E-state index contributed by atoms with van der Waals surface area (Å²) >= 11 is 5.88. The molecule has 1 heterocycles. The Morgan fingerprint density at radius 3 is 2.39 bits per heavy atom. The minimum Gasteiger partial charge on any atom is -0.347 e. The van der Waals surface area contributed by atoms with E-state index < -0.39 is 5.92 Å². The van der Waals surface area contributed by atoms with E-state index in [0.29, 0.717) is 10.7 Å². The maximum atomic E-state index is 12.4. The third-order valence-corrected chi connectivity index (χ3v) is 5.05. The Morgan fingerprint density at radius 2 is 1.75 bits per heavy atom. The van der Waals surface area contributed by atoms with Crippen LogP contribution in [0.2, 0.25) is 5.02 Å². The Morgan fingerprint density at radius 1 is 1.11 bits per heavy atom. The van der Waals surface area contributed by atoms with E-state index in [4.69, 9.17) is 11.6 Å². The number of nitrogens with one attached hydrogen (secondary N) is 2. The second-order valence-corrected chi connectivity index (χ2v) is 7.35. The smallest absolute Gasteiger partial charge is 0.243 e. The molecule has 0 radical (unpaired) electrons. The molecule has 2 aromatic carbocycles. The van der Waals surface area contributed by atoms with Gasteiger partial charge in [0.2, 0.25) is 17.7 Å². The van der Waals surface area contributed by atoms with Gasteiger partial charge in [0.1, 0.15) is 0 Å². The van der Waals surface area contributed by atoms with Crippen LogP contribution in [0, 0.1) is 19.8 Å². The van der Waals surface area contributed by atoms with Gasteiger partial charge in [0, 0.05) is 29.4 Å². The normalized spacial score (nSPS) is 16.2. The van der Waals surface area contributed by atoms with E-state index in [0.717, 1.165) is 16.8 Å². The van der Waals surface area contributed by atoms with Gasteiger partial charge >= 0.3 is 0 Å². The molecule has 1 unspecified atom stereocenters. The first kappa shape index (κ1) is 19.9. The summed E-state index contributed by atoms with van der Waals surface area (Å²) in [6, 6.07) is 12.7. The van der Waals surface area contributed by atoms with Crippen LogP contribution in [-0.4, -0.2) is 30.8 Å². The molecule has 0 aliphatic carbocycles. The zero-order chi connectivity index (χ0) is 20.3. The minimum atomic E-state index is -0.490. The topological polar surface area (TPSA) is 78.5 Å². The van der Waals surface area contributed by atoms with E-state index in [1.165, 1.54) is 0 Å². The van der Waals surface area contributed by atoms with Gasteiger partial charge in [0.05, 0.1) is 12.5 Å². The quantitative estimate of drug-likeness (QED) is 0.811. The number of benzene rings is 2. The number of aryl methyl sites for hydroxylation is 2. The molecule has 1 aliphatic heterocycles. The lowest BCUT2D eigenvalue weighted by atomic mass is 10.1. The monoisotopic (exact) mass is 399 g/mol. The molecule has 1 fully saturated rings. The van der Waals surface area contributed by atoms with E-state index in [-0.39, 0.29) is 37.2 Å². The van der Waals surface area contributed by atoms with Crippen molar-refractivity contribution in [1.29, 1.82) is 0 Å². The fourth-order valence-corrected chi connectivity index (χ4v) is 3.39. The molecule has 1 aliphatic rings. The fourth-order valence-electron chi connectivity index (χ4n) is 3.26. The molecule has 1 saturated heterocycles. The van der Waals surface area contributed by atoms with Gasteiger partial charge in [-0.1, -0.05) is 29.8 Å². The lowest BCUT2D eigenvalue weighted by molar-refractivity contribution is -0.127. The lowest BCUT2D eigenvalue weighted by Crippen LogP contribution is -2.38. The van der Waals surface area contributed by atoms with Gasteiger partial charge in [0.15, 0.2) is 0 Å². The molecule has 28 heavy (non-hydrogen) atoms. The van der Waals surface area contributed by atoms with Crippen LogP contribution in [0.1, 0.15) is 17.5 Å². The molecule has 0 saturated carbocycles. The number of hydrogen-bond donors (Lipinski definition) is 2. The maximum Gasteiger partial charge on any atom is 0.243 e. The zero-order valence-corrected chi connectivity index (χ0v) is 16.5. The highest BCUT2D eigenvalue weighted by Crippen LogP contribution is 2.26. The van der Waals surface area contributed by atoms with E-state index in [9.17, 15) is 14.4 Å². The van der Waals surface area contributed by atoms with E-state index in [1.807, 2.05) is 32.0 Å². The van der Waals surface area contributed by atoms with Gasteiger partial charge in [0.25, 0.3) is 0 Å². The molecule has 3 amide bonds. The van der Waals surface area contributed by atoms with Crippen molar-refractivity contribution in [2.45, 2.75) is 20.3 Å². The molecular weight excluding hydrogens is 378 g/mol. The number of halogens is 1. The van der Waals surface area contributed by atoms with Crippen molar-refractivity contribution in [2.75, 3.05) is 23.3 Å². The SMILES string of the molecule is Cc1cccc(C)c1NC(=O)CNC(=O)C1CC(=O)N(c2ccc(Cl)cc2)C1. The second kappa shape index (κ2) is 8.44. The van der Waals surface area contributed by atoms with Gasteiger partial charge in [-0.05, 0) is 49.2 Å². The van der Waals surface area contributed by atoms with Crippen molar-refractivity contribution in [3.05, 3.63) is 58.6 Å². The average Bonchev–Trinajstić information content (AvgIpc) is 3.05. The lowest BCUT2D eigenvalue weighted by Gasteiger charge is -2.17. The van der Waals surface area contributed by atoms with Gasteiger partial charge in [-0.25, -0.2) is 0 Å². The standard InChI is InChI=1S/C21H22ClN3O3/c1-13-4-3-5-14(2)20(13)24-18(26)11-23-21(28)15-10-19(27)25(12-15)17-8-6-16(22)7-9-17/h3-9,15H,10-12H2,1-2H3,(H,23,28)(H,24,26). The van der Waals surface area contributed by atoms with Crippen molar-refractivity contribution in [3.63, 3.8) is 0 Å². The van der Waals surface area contributed by atoms with Crippen molar-refractivity contribution >= 4 is 40.7 Å². The number of carbonyl (C=O) groups is 3. The number of amides is 3. The van der Waals surface area contributed by atoms with Crippen LogP contribution in [0.5, 0.6) is 0 Å². The van der Waals surface area contributed by atoms with Crippen LogP contribution >= 0.6 is 11.6 Å². The summed E-state index contributed by atoms with van der Waals surface area (Å²) in [6.07, 6.45) is 0.118. The highest BCUT2D eigenvalue weighted by Gasteiger charge is 2.35. The van der Waals surface area contributed by atoms with Crippen LogP contribution in [0.25, 0.3) is 0 Å². The fraction of sp³-hybridized carbons (Fsp3) is 0.286. The zero-order valence-electron chi connectivity index (χ0n) is 15.8. The van der Waals surface area contributed by atoms with Gasteiger partial charge < -0.3 is 15.5 Å². The van der Waals surface area contributed by atoms with Crippen LogP contribution < -0.4 is 15.5 Å². The Bertz CT molecular complexity index is 891. The number of anilines is 2. The Labute approximate surface area is 168 Å². The highest BCUT2D eigenvalue weighted by molar-refractivity contribution is 6.30. The third kappa shape index (κ3) is 4.51. The molecule has 0 bridgehead atoms. The summed E-state index contributed by atoms with van der Waals surface area (Å²) in [6.45, 7) is 3.97. The maximum absolute atomic E-state index is 12.4. The summed E-state index contributed by atoms with van der Waals surface area (Å²) in [4.78, 5) is 38.5. The predicted molar refractivity (Wildman–Crippen MR) is 109 cm³/mol. The first-order chi connectivity index (χ1) is 13.3. The first-order valence-corrected chi connectivity index (χ1v) is 9.42. The largest absolute Gasteiger partial charge is 0.347 e. The summed E-state index contributed by atoms with van der Waals surface area (Å²) in [5, 5.41) is 6.05. The van der Waals surface area contributed by atoms with Crippen molar-refractivity contribution < 1.29 is 14.4 Å². The molecule has 146 valence electrons. The molecule has 0 spiro atoms. The first-order valence-electron chi connectivity index (χ1n) is 9.05. The van der Waals surface area contributed by atoms with E-state index in [1.54, 1.807) is 29.2 Å². The predicted octanol–water partition coefficient (Wildman–Crippen LogP) is 3.06. The summed E-state index contributed by atoms with van der Waals surface area (Å²) in [7, 11) is 0. The third-order valence-electron chi connectivity index (χ3n) is 4.80. The van der Waals surface area contributed by atoms with Crippen LogP contribution in [-0.2, 0) is 14.4 Å². The Hall–Kier alpha value is -2.86. The highest BCUT2D eigenvalue weighted by atomic mass is 35.5. The van der Waals surface area contributed by atoms with E-state index >= 15 is 0 Å². The number of rotatable bonds is 5. The Kier molecular flexibility index (Phi) is 5.99. The Balaban J connectivity index is 1.54. The molecule has 2 N–H and O–H groups in total. The van der Waals surface area contributed by atoms with Gasteiger partial charge in [-0.15, -0.1) is 0 Å². The molecule has 2 aromatic rings. The molecule has 3 rings (SSSR count). The summed E-state index contributed by atoms with van der Waals surface area (Å²) < 4.78 is 0. The summed E-state index contributed by atoms with van der Waals surface area (Å²) in [5.74, 6) is -1.22. The second-order valence-electron chi connectivity index (χ2n) is 6.91. The number of hydrogen-bond acceptors (Lipinski definition) is 3. The van der Waals surface area contributed by atoms with Crippen LogP contribution in [0.4, 0.5) is 11.4 Å². The molecule has 0 aromatic heterocycles. The molecule has 6 nitrogen and oxygen atoms in total. The van der Waals surface area contributed by atoms with Crippen LogP contribution in [0.3, 0.4) is 0 Å². The number of carbonyl (C=O) groups excluding carboxylic acids is 3. The van der Waals surface area contributed by atoms with E-state index in [2.05, 4.69) is 10.6 Å². The van der Waals surface area contributed by atoms with Gasteiger partial charge in [-0.3, -0.25) is 14.4 Å². The average molecular weight is 400 g/mol. The molecular formula is C21H22ClN3O3. The van der Waals surface area contributed by atoms with Gasteiger partial charge in [-0.2, -0.15) is 0 Å². The van der Waals surface area contributed by atoms with Crippen molar-refractivity contribution in [3.8, 4) is 0 Å². The van der Waals surface area contributed by atoms with Crippen molar-refractivity contribution in [1.82, 2.24) is 5.32 Å². The van der Waals surface area contributed by atoms with Crippen molar-refractivity contribution in [2.24, 2.45) is 5.92 Å². The number of para-hydroxylation sites is 1. The molecule has 7 heteroatoms. The minimum absolute atomic E-state index is 0.118.